The van der Waals surface area contributed by atoms with Gasteiger partial charge in [-0.1, -0.05) is 59.7 Å². The summed E-state index contributed by atoms with van der Waals surface area (Å²) >= 11 is 0. The third kappa shape index (κ3) is 2.48. The van der Waals surface area contributed by atoms with Crippen LogP contribution in [-0.2, 0) is 15.6 Å². The van der Waals surface area contributed by atoms with Crippen molar-refractivity contribution >= 4 is 17.3 Å². The number of hydrogen-bond donors (Lipinski definition) is 1. The summed E-state index contributed by atoms with van der Waals surface area (Å²) < 4.78 is 0. The predicted octanol–water partition coefficient (Wildman–Crippen LogP) is 4.48. The molecule has 1 N–H and O–H groups in total. The average Bonchev–Trinajstić information content (AvgIpc) is 3.83. The quantitative estimate of drug-likeness (QED) is 0.445. The van der Waals surface area contributed by atoms with Crippen LogP contribution < -0.4 is 9.80 Å². The zero-order chi connectivity index (χ0) is 30.4. The van der Waals surface area contributed by atoms with Crippen LogP contribution in [0, 0.1) is 29.6 Å². The van der Waals surface area contributed by atoms with Gasteiger partial charge in [0.25, 0.3) is 0 Å². The molecule has 2 aliphatic carbocycles. The maximum absolute atomic E-state index is 15.5. The van der Waals surface area contributed by atoms with Crippen LogP contribution in [0.1, 0.15) is 50.7 Å². The molecule has 1 amide bonds. The molecule has 8 fully saturated rings. The van der Waals surface area contributed by atoms with Crippen molar-refractivity contribution in [3.63, 3.8) is 0 Å². The second-order valence-electron chi connectivity index (χ2n) is 16.7. The van der Waals surface area contributed by atoms with Crippen molar-refractivity contribution in [2.45, 2.75) is 86.7 Å². The van der Waals surface area contributed by atoms with E-state index in [0.717, 1.165) is 51.1 Å². The first kappa shape index (κ1) is 26.1. The Balaban J connectivity index is 1.15. The van der Waals surface area contributed by atoms with Crippen LogP contribution >= 0.6 is 0 Å². The number of aliphatic hydroxyl groups is 1. The number of allylic oxidation sites excluding steroid dienone is 2. The van der Waals surface area contributed by atoms with Gasteiger partial charge >= 0.3 is 0 Å². The Morgan fingerprint density at radius 2 is 1.33 bits per heavy atom. The third-order valence-electron chi connectivity index (χ3n) is 16.1. The summed E-state index contributed by atoms with van der Waals surface area (Å²) in [6, 6.07) is 19.7. The number of rotatable bonds is 0. The minimum atomic E-state index is -0.641. The molecule has 6 heteroatoms. The van der Waals surface area contributed by atoms with Crippen LogP contribution in [0.3, 0.4) is 0 Å². The fraction of sp³-hybridized carbons (Fsp3) is 0.575. The van der Waals surface area contributed by atoms with Gasteiger partial charge in [-0.25, -0.2) is 0 Å². The largest absolute Gasteiger partial charge is 0.392 e. The van der Waals surface area contributed by atoms with Gasteiger partial charge in [0.15, 0.2) is 0 Å². The molecule has 4 bridgehead atoms. The fourth-order valence-corrected chi connectivity index (χ4v) is 15.0. The summed E-state index contributed by atoms with van der Waals surface area (Å²) in [6.45, 7) is 8.77. The molecule has 6 nitrogen and oxygen atoms in total. The molecule has 13 atom stereocenters. The van der Waals surface area contributed by atoms with Crippen molar-refractivity contribution in [2.24, 2.45) is 29.6 Å². The van der Waals surface area contributed by atoms with Crippen molar-refractivity contribution in [3.8, 4) is 0 Å². The van der Waals surface area contributed by atoms with Crippen LogP contribution in [0.4, 0.5) is 11.4 Å². The molecule has 46 heavy (non-hydrogen) atoms. The van der Waals surface area contributed by atoms with Gasteiger partial charge in [-0.2, -0.15) is 0 Å². The van der Waals surface area contributed by atoms with Gasteiger partial charge in [0.2, 0.25) is 5.91 Å². The Morgan fingerprint density at radius 1 is 0.761 bits per heavy atom. The van der Waals surface area contributed by atoms with Crippen LogP contribution in [0.2, 0.25) is 0 Å². The van der Waals surface area contributed by atoms with Gasteiger partial charge in [-0.15, -0.1) is 0 Å². The number of piperidine rings is 4. The number of amides is 1. The minimum absolute atomic E-state index is 0.00620. The molecule has 0 radical (unpaired) electrons. The molecule has 2 saturated carbocycles. The Kier molecular flexibility index (Phi) is 4.64. The van der Waals surface area contributed by atoms with Crippen molar-refractivity contribution in [2.75, 3.05) is 36.0 Å². The second-order valence-corrected chi connectivity index (χ2v) is 16.7. The number of anilines is 2. The normalized spacial score (nSPS) is 50.1. The molecule has 2 aromatic rings. The molecular formula is C40H44N4O2. The molecular weight excluding hydrogens is 568 g/mol. The van der Waals surface area contributed by atoms with E-state index in [4.69, 9.17) is 0 Å². The lowest BCUT2D eigenvalue weighted by molar-refractivity contribution is -0.148. The van der Waals surface area contributed by atoms with Crippen LogP contribution in [0.25, 0.3) is 0 Å². The van der Waals surface area contributed by atoms with Crippen molar-refractivity contribution in [3.05, 3.63) is 83.0 Å². The second kappa shape index (κ2) is 8.19. The van der Waals surface area contributed by atoms with Crippen molar-refractivity contribution in [1.29, 1.82) is 0 Å². The van der Waals surface area contributed by atoms with Gasteiger partial charge in [-0.05, 0) is 87.7 Å². The van der Waals surface area contributed by atoms with Gasteiger partial charge in [0.05, 0.1) is 18.1 Å². The Bertz CT molecular complexity index is 1820. The molecule has 0 unspecified atom stereocenters. The lowest BCUT2D eigenvalue weighted by atomic mass is 9.47. The van der Waals surface area contributed by atoms with Gasteiger partial charge in [0.1, 0.15) is 0 Å². The van der Waals surface area contributed by atoms with Crippen LogP contribution in [0.5, 0.6) is 0 Å². The highest BCUT2D eigenvalue weighted by Gasteiger charge is 2.78. The van der Waals surface area contributed by atoms with Crippen LogP contribution in [-0.4, -0.2) is 83.3 Å². The van der Waals surface area contributed by atoms with E-state index in [0.29, 0.717) is 23.9 Å². The lowest BCUT2D eigenvalue weighted by Crippen LogP contribution is -2.80. The van der Waals surface area contributed by atoms with E-state index in [9.17, 15) is 5.11 Å². The highest BCUT2D eigenvalue weighted by atomic mass is 16.3. The van der Waals surface area contributed by atoms with Crippen molar-refractivity contribution < 1.29 is 9.90 Å². The number of benzene rings is 2. The monoisotopic (exact) mass is 612 g/mol. The molecule has 2 spiro atoms. The zero-order valence-corrected chi connectivity index (χ0v) is 26.9. The average molecular weight is 613 g/mol. The number of carbonyl (C=O) groups is 1. The van der Waals surface area contributed by atoms with Gasteiger partial charge < -0.3 is 14.9 Å². The molecule has 8 heterocycles. The number of carbonyl (C=O) groups excluding carboxylic acids is 1. The first-order valence-electron chi connectivity index (χ1n) is 18.3. The summed E-state index contributed by atoms with van der Waals surface area (Å²) in [5, 5.41) is 13.1. The van der Waals surface area contributed by atoms with E-state index in [1.165, 1.54) is 28.8 Å². The Hall–Kier alpha value is -2.93. The standard InChI is InChI=1S/C40H44N4O2/c1-3-21-19-41-15-13-39-26-10-6-8-12-28(26)44-36(39)31(23(21)17-29(39)41)34-33(38(44)46)35(45)32-24-18-30-40(14-16-42(30)20-22(24)4-2)25-9-5-7-11-27(25)43(34)37(32)40/h3-12,23-24,29-37,45H,13-20H2,1-2H3/b21-3?,22-4-/t23-,24-,29-,30-,31+,32-,33+,34+,35-,36-,37-,39+,40+/m0/s1. The van der Waals surface area contributed by atoms with Crippen LogP contribution in [0.15, 0.2) is 71.8 Å². The third-order valence-corrected chi connectivity index (χ3v) is 16.1. The highest BCUT2D eigenvalue weighted by Crippen LogP contribution is 2.71. The Labute approximate surface area is 271 Å². The summed E-state index contributed by atoms with van der Waals surface area (Å²) in [4.78, 5) is 26.2. The van der Waals surface area contributed by atoms with E-state index in [-0.39, 0.29) is 46.7 Å². The first-order valence-corrected chi connectivity index (χ1v) is 18.3. The summed E-state index contributed by atoms with van der Waals surface area (Å²) in [6.07, 6.45) is 8.69. The van der Waals surface area contributed by atoms with E-state index >= 15 is 4.79 Å². The fourth-order valence-electron chi connectivity index (χ4n) is 15.0. The molecule has 2 aromatic carbocycles. The van der Waals surface area contributed by atoms with Gasteiger partial charge in [0, 0.05) is 71.3 Å². The summed E-state index contributed by atoms with van der Waals surface area (Å²) in [7, 11) is 0. The minimum Gasteiger partial charge on any atom is -0.392 e. The smallest absolute Gasteiger partial charge is 0.235 e. The molecule has 8 aliphatic heterocycles. The maximum atomic E-state index is 15.5. The molecule has 12 rings (SSSR count). The van der Waals surface area contributed by atoms with E-state index < -0.39 is 12.0 Å². The maximum Gasteiger partial charge on any atom is 0.235 e. The molecule has 6 saturated heterocycles. The van der Waals surface area contributed by atoms with Crippen molar-refractivity contribution in [1.82, 2.24) is 9.80 Å². The number of para-hydroxylation sites is 2. The molecule has 236 valence electrons. The first-order chi connectivity index (χ1) is 22.5. The van der Waals surface area contributed by atoms with E-state index in [1.54, 1.807) is 5.57 Å². The number of nitrogens with zero attached hydrogens (tertiary/aromatic N) is 4. The lowest BCUT2D eigenvalue weighted by Gasteiger charge is -2.68. The number of aliphatic hydroxyl groups excluding tert-OH is 1. The number of fused-ring (bicyclic) bond motifs is 11. The topological polar surface area (TPSA) is 50.3 Å². The van der Waals surface area contributed by atoms with E-state index in [2.05, 4.69) is 94.1 Å². The van der Waals surface area contributed by atoms with E-state index in [1.807, 2.05) is 0 Å². The predicted molar refractivity (Wildman–Crippen MR) is 178 cm³/mol. The highest BCUT2D eigenvalue weighted by molar-refractivity contribution is 6.02. The molecule has 0 aromatic heterocycles. The summed E-state index contributed by atoms with van der Waals surface area (Å²) in [5.41, 5.74) is 8.52. The Morgan fingerprint density at radius 3 is 1.98 bits per heavy atom. The molecule has 10 aliphatic rings. The SMILES string of the molecule is CC=C1CN2CC[C@]34c5ccccc5N5C(=O)[C@H]6[C@@H](O)[C@H]7[C@@H]8N(c9ccccc9[C@@]89CCN8C/C(=C/C)[C@@H]7C[C@H]89)[C@@H]6[C@H]([C@H]53)[C@H]1C[C@H]24. The zero-order valence-electron chi connectivity index (χ0n) is 26.9. The summed E-state index contributed by atoms with van der Waals surface area (Å²) in [5.74, 6) is 0.900. The van der Waals surface area contributed by atoms with Gasteiger partial charge in [-0.3, -0.25) is 14.6 Å². The number of hydrogen-bond acceptors (Lipinski definition) is 5.